The molecule has 24 heavy (non-hydrogen) atoms. The van der Waals surface area contributed by atoms with Crippen LogP contribution in [0, 0.1) is 0 Å². The summed E-state index contributed by atoms with van der Waals surface area (Å²) in [5.74, 6) is 1.82. The van der Waals surface area contributed by atoms with Crippen LogP contribution in [0.4, 0.5) is 0 Å². The molecule has 0 N–H and O–H groups in total. The molecular weight excluding hydrogens is 306 g/mol. The minimum atomic E-state index is -0.553. The van der Waals surface area contributed by atoms with Crippen LogP contribution in [-0.2, 0) is 0 Å². The Balaban J connectivity index is 0.00000146. The molecule has 0 saturated heterocycles. The van der Waals surface area contributed by atoms with Gasteiger partial charge in [-0.2, -0.15) is 0 Å². The molecule has 4 heteroatoms. The Kier molecular flexibility index (Phi) is 4.05. The summed E-state index contributed by atoms with van der Waals surface area (Å²) in [6, 6.07) is 25.2. The molecule has 0 atom stereocenters. The van der Waals surface area contributed by atoms with E-state index in [9.17, 15) is 0 Å². The fourth-order valence-corrected chi connectivity index (χ4v) is 3.99. The van der Waals surface area contributed by atoms with Gasteiger partial charge in [-0.1, -0.05) is 60.7 Å². The molecule has 4 aromatic rings. The van der Waals surface area contributed by atoms with Crippen LogP contribution in [-0.4, -0.2) is 34.7 Å². The van der Waals surface area contributed by atoms with Crippen molar-refractivity contribution in [3.05, 3.63) is 72.8 Å². The van der Waals surface area contributed by atoms with Gasteiger partial charge in [-0.3, -0.25) is 0 Å². The van der Waals surface area contributed by atoms with E-state index in [1.165, 1.54) is 21.5 Å². The van der Waals surface area contributed by atoms with Crippen molar-refractivity contribution in [3.8, 4) is 22.6 Å². The zero-order valence-electron chi connectivity index (χ0n) is 12.3. The van der Waals surface area contributed by atoms with Crippen molar-refractivity contribution in [1.82, 2.24) is 0 Å². The number of benzene rings is 4. The van der Waals surface area contributed by atoms with Gasteiger partial charge in [-0.15, -0.1) is 0 Å². The monoisotopic (exact) mass is 319 g/mol. The van der Waals surface area contributed by atoms with Crippen LogP contribution in [0.5, 0.6) is 11.5 Å². The summed E-state index contributed by atoms with van der Waals surface area (Å²) in [5.41, 5.74) is 2.28. The largest absolute Gasteiger partial charge is 0.881 e. The van der Waals surface area contributed by atoms with Gasteiger partial charge in [0.15, 0.2) is 0 Å². The van der Waals surface area contributed by atoms with Gasteiger partial charge in [0.2, 0.25) is 0 Å². The average molecular weight is 319 g/mol. The third kappa shape index (κ3) is 2.34. The van der Waals surface area contributed by atoms with Gasteiger partial charge in [0.05, 0.1) is 11.5 Å². The summed E-state index contributed by atoms with van der Waals surface area (Å²) in [5, 5.41) is 4.83. The first-order valence-corrected chi connectivity index (χ1v) is 8.55. The number of fused-ring (bicyclic) bond motifs is 7. The molecule has 0 unspecified atom stereocenters. The van der Waals surface area contributed by atoms with Crippen LogP contribution < -0.4 is 7.58 Å². The molecule has 0 saturated carbocycles. The smallest absolute Gasteiger partial charge is 0.615 e. The predicted octanol–water partition coefficient (Wildman–Crippen LogP) is 4.32. The third-order valence-electron chi connectivity index (χ3n) is 4.38. The maximum atomic E-state index is 5.95. The molecular formula is C20H13AlLiO2. The van der Waals surface area contributed by atoms with Crippen LogP contribution >= 0.6 is 0 Å². The van der Waals surface area contributed by atoms with Crippen LogP contribution in [0.25, 0.3) is 32.7 Å². The first kappa shape index (κ1) is 15.6. The predicted molar refractivity (Wildman–Crippen MR) is 101 cm³/mol. The van der Waals surface area contributed by atoms with Gasteiger partial charge in [0.1, 0.15) is 0 Å². The number of hydrogen-bond donors (Lipinski definition) is 0. The molecule has 0 amide bonds. The second-order valence-corrected chi connectivity index (χ2v) is 6.32. The molecule has 0 spiro atoms. The van der Waals surface area contributed by atoms with E-state index in [4.69, 9.17) is 7.58 Å². The quantitative estimate of drug-likeness (QED) is 0.450. The van der Waals surface area contributed by atoms with Crippen molar-refractivity contribution in [2.45, 2.75) is 0 Å². The van der Waals surface area contributed by atoms with E-state index >= 15 is 0 Å². The molecule has 0 bridgehead atoms. The zero-order valence-corrected chi connectivity index (χ0v) is 13.5. The molecule has 109 valence electrons. The van der Waals surface area contributed by atoms with E-state index in [1.807, 2.05) is 0 Å². The van der Waals surface area contributed by atoms with Crippen molar-refractivity contribution >= 4 is 56.3 Å². The topological polar surface area (TPSA) is 18.5 Å². The molecule has 0 aliphatic carbocycles. The first-order valence-electron chi connectivity index (χ1n) is 7.61. The fraction of sp³-hybridized carbons (Fsp3) is 0. The van der Waals surface area contributed by atoms with Crippen molar-refractivity contribution in [1.29, 1.82) is 0 Å². The Morgan fingerprint density at radius 3 is 1.50 bits per heavy atom. The molecule has 1 aliphatic heterocycles. The van der Waals surface area contributed by atoms with Crippen molar-refractivity contribution < 1.29 is 7.58 Å². The number of rotatable bonds is 0. The van der Waals surface area contributed by atoms with E-state index in [2.05, 4.69) is 72.8 Å². The number of hydrogen-bond acceptors (Lipinski definition) is 2. The summed E-state index contributed by atoms with van der Waals surface area (Å²) in [6.45, 7) is 0. The van der Waals surface area contributed by atoms with Gasteiger partial charge in [-0.25, -0.2) is 0 Å². The molecule has 5 rings (SSSR count). The van der Waals surface area contributed by atoms with E-state index in [-0.39, 0.29) is 18.9 Å². The van der Waals surface area contributed by atoms with Gasteiger partial charge in [-0.05, 0) is 33.7 Å². The molecule has 4 aromatic carbocycles. The summed E-state index contributed by atoms with van der Waals surface area (Å²) >= 11 is -0.553. The van der Waals surface area contributed by atoms with E-state index < -0.39 is 15.9 Å². The van der Waals surface area contributed by atoms with Crippen molar-refractivity contribution in [3.63, 3.8) is 0 Å². The maximum Gasteiger partial charge on any atom is 0.881 e. The minimum Gasteiger partial charge on any atom is -0.615 e. The Hall–Kier alpha value is -1.87. The summed E-state index contributed by atoms with van der Waals surface area (Å²) < 4.78 is 11.9. The second-order valence-electron chi connectivity index (χ2n) is 5.65. The van der Waals surface area contributed by atoms with Gasteiger partial charge in [0.25, 0.3) is 0 Å². The van der Waals surface area contributed by atoms with Crippen LogP contribution in [0.1, 0.15) is 0 Å². The Bertz CT molecular complexity index is 977. The fourth-order valence-electron chi connectivity index (χ4n) is 3.34. The van der Waals surface area contributed by atoms with Gasteiger partial charge < -0.3 is 7.58 Å². The normalized spacial score (nSPS) is 12.0. The summed E-state index contributed by atoms with van der Waals surface area (Å²) in [4.78, 5) is 0. The average Bonchev–Trinajstić information content (AvgIpc) is 2.81. The SMILES string of the molecule is [LiH].c1ccc2c3c(ccc2c1)[O][Al][O]c1ccc2ccccc2c1-3. The minimum absolute atomic E-state index is 0. The van der Waals surface area contributed by atoms with Gasteiger partial charge >= 0.3 is 34.7 Å². The molecule has 0 fully saturated rings. The van der Waals surface area contributed by atoms with Crippen LogP contribution in [0.2, 0.25) is 0 Å². The molecule has 1 aliphatic rings. The second kappa shape index (κ2) is 6.21. The summed E-state index contributed by atoms with van der Waals surface area (Å²) in [6.07, 6.45) is 0. The van der Waals surface area contributed by atoms with Crippen LogP contribution in [0.3, 0.4) is 0 Å². The molecule has 1 heterocycles. The van der Waals surface area contributed by atoms with E-state index in [1.54, 1.807) is 0 Å². The van der Waals surface area contributed by atoms with Crippen molar-refractivity contribution in [2.75, 3.05) is 0 Å². The first-order chi connectivity index (χ1) is 11.4. The van der Waals surface area contributed by atoms with E-state index in [0.29, 0.717) is 0 Å². The standard InChI is InChI=1S/C20H14O2.Al.Li.H/c21-17-11-9-13-5-1-3-7-15(13)19(17)20-16-8-4-2-6-14(16)10-12-18(20)22;;;/h1-12,21-22H;;;/q;+2;;/p-2. The summed E-state index contributed by atoms with van der Waals surface area (Å²) in [7, 11) is 0. The Labute approximate surface area is 159 Å². The Morgan fingerprint density at radius 2 is 1.00 bits per heavy atom. The zero-order chi connectivity index (χ0) is 15.2. The maximum absolute atomic E-state index is 5.95. The van der Waals surface area contributed by atoms with Crippen LogP contribution in [0.15, 0.2) is 72.8 Å². The molecule has 2 nitrogen and oxygen atoms in total. The van der Waals surface area contributed by atoms with Crippen molar-refractivity contribution in [2.24, 2.45) is 0 Å². The molecule has 1 radical (unpaired) electrons. The van der Waals surface area contributed by atoms with E-state index in [0.717, 1.165) is 22.6 Å². The molecule has 0 aromatic heterocycles. The Morgan fingerprint density at radius 1 is 0.542 bits per heavy atom. The van der Waals surface area contributed by atoms with Gasteiger partial charge in [0, 0.05) is 11.1 Å². The third-order valence-corrected chi connectivity index (χ3v) is 5.08.